The summed E-state index contributed by atoms with van der Waals surface area (Å²) in [6.07, 6.45) is 6.57. The molecule has 3 rings (SSSR count). The molecule has 0 aromatic heterocycles. The number of rotatable bonds is 1. The standard InChI is InChI=1S/C14H19NO/c1-3-7-12(8-4-1)13-11-15-14(16-13)9-5-2-6-10-14/h1,3-4,7-8,13,15H,2,5-6,9-11H2. The van der Waals surface area contributed by atoms with Crippen LogP contribution in [0.5, 0.6) is 0 Å². The smallest absolute Gasteiger partial charge is 0.120 e. The van der Waals surface area contributed by atoms with Crippen LogP contribution < -0.4 is 5.32 Å². The number of hydrogen-bond donors (Lipinski definition) is 1. The third kappa shape index (κ3) is 1.87. The minimum atomic E-state index is -0.00123. The van der Waals surface area contributed by atoms with Gasteiger partial charge in [-0.3, -0.25) is 5.32 Å². The van der Waals surface area contributed by atoms with Crippen LogP contribution in [0.3, 0.4) is 0 Å². The third-order valence-electron chi connectivity index (χ3n) is 3.81. The van der Waals surface area contributed by atoms with E-state index in [1.165, 1.54) is 37.7 Å². The van der Waals surface area contributed by atoms with Gasteiger partial charge < -0.3 is 4.74 Å². The molecule has 1 aliphatic carbocycles. The van der Waals surface area contributed by atoms with E-state index in [1.807, 2.05) is 0 Å². The van der Waals surface area contributed by atoms with E-state index in [2.05, 4.69) is 35.6 Å². The largest absolute Gasteiger partial charge is 0.351 e. The van der Waals surface area contributed by atoms with E-state index < -0.39 is 0 Å². The molecule has 1 saturated carbocycles. The van der Waals surface area contributed by atoms with E-state index in [9.17, 15) is 0 Å². The molecule has 1 heterocycles. The van der Waals surface area contributed by atoms with Gasteiger partial charge in [0.25, 0.3) is 0 Å². The highest BCUT2D eigenvalue weighted by Crippen LogP contribution is 2.38. The van der Waals surface area contributed by atoms with Crippen LogP contribution in [0.2, 0.25) is 0 Å². The maximum absolute atomic E-state index is 6.26. The Balaban J connectivity index is 1.73. The summed E-state index contributed by atoms with van der Waals surface area (Å²) in [7, 11) is 0. The molecule has 2 heteroatoms. The van der Waals surface area contributed by atoms with Crippen LogP contribution in [-0.2, 0) is 4.74 Å². The molecule has 1 saturated heterocycles. The quantitative estimate of drug-likeness (QED) is 0.780. The highest BCUT2D eigenvalue weighted by atomic mass is 16.5. The van der Waals surface area contributed by atoms with Gasteiger partial charge in [0.15, 0.2) is 0 Å². The molecule has 1 N–H and O–H groups in total. The van der Waals surface area contributed by atoms with Crippen LogP contribution in [0, 0.1) is 0 Å². The highest BCUT2D eigenvalue weighted by molar-refractivity contribution is 5.19. The average molecular weight is 217 g/mol. The molecule has 1 aromatic rings. The second kappa shape index (κ2) is 4.19. The maximum atomic E-state index is 6.26. The van der Waals surface area contributed by atoms with Gasteiger partial charge >= 0.3 is 0 Å². The lowest BCUT2D eigenvalue weighted by molar-refractivity contribution is -0.0745. The Labute approximate surface area is 97.0 Å². The van der Waals surface area contributed by atoms with Gasteiger partial charge in [-0.2, -0.15) is 0 Å². The first kappa shape index (κ1) is 10.3. The van der Waals surface area contributed by atoms with Crippen molar-refractivity contribution in [3.8, 4) is 0 Å². The molecule has 1 unspecified atom stereocenters. The molecule has 1 aliphatic heterocycles. The van der Waals surface area contributed by atoms with Crippen molar-refractivity contribution in [2.75, 3.05) is 6.54 Å². The number of nitrogens with one attached hydrogen (secondary N) is 1. The maximum Gasteiger partial charge on any atom is 0.120 e. The summed E-state index contributed by atoms with van der Waals surface area (Å²) in [6.45, 7) is 0.962. The van der Waals surface area contributed by atoms with Gasteiger partial charge in [-0.1, -0.05) is 36.8 Å². The predicted octanol–water partition coefficient (Wildman–Crippen LogP) is 3.01. The highest BCUT2D eigenvalue weighted by Gasteiger charge is 2.40. The summed E-state index contributed by atoms with van der Waals surface area (Å²) in [5.41, 5.74) is 1.30. The number of ether oxygens (including phenoxy) is 1. The Morgan fingerprint density at radius 1 is 1.06 bits per heavy atom. The zero-order valence-corrected chi connectivity index (χ0v) is 9.61. The Morgan fingerprint density at radius 2 is 1.81 bits per heavy atom. The van der Waals surface area contributed by atoms with Crippen molar-refractivity contribution in [1.82, 2.24) is 5.32 Å². The SMILES string of the molecule is c1ccc(C2CNC3(CCCCC3)O2)cc1. The zero-order chi connectivity index (χ0) is 10.8. The topological polar surface area (TPSA) is 21.3 Å². The molecule has 0 radical (unpaired) electrons. The Hall–Kier alpha value is -0.860. The molecular weight excluding hydrogens is 198 g/mol. The lowest BCUT2D eigenvalue weighted by Crippen LogP contribution is -2.42. The Kier molecular flexibility index (Phi) is 2.70. The van der Waals surface area contributed by atoms with Crippen molar-refractivity contribution in [2.45, 2.75) is 43.9 Å². The first-order valence-corrected chi connectivity index (χ1v) is 6.36. The van der Waals surface area contributed by atoms with Crippen LogP contribution in [0.25, 0.3) is 0 Å². The molecule has 86 valence electrons. The van der Waals surface area contributed by atoms with Crippen molar-refractivity contribution in [1.29, 1.82) is 0 Å². The van der Waals surface area contributed by atoms with Crippen LogP contribution in [0.4, 0.5) is 0 Å². The predicted molar refractivity (Wildman–Crippen MR) is 64.1 cm³/mol. The van der Waals surface area contributed by atoms with Crippen molar-refractivity contribution in [3.05, 3.63) is 35.9 Å². The first-order chi connectivity index (χ1) is 7.88. The minimum absolute atomic E-state index is 0.00123. The summed E-state index contributed by atoms with van der Waals surface area (Å²) < 4.78 is 6.26. The second-order valence-corrected chi connectivity index (χ2v) is 4.95. The van der Waals surface area contributed by atoms with Crippen molar-refractivity contribution in [2.24, 2.45) is 0 Å². The lowest BCUT2D eigenvalue weighted by atomic mass is 9.92. The first-order valence-electron chi connectivity index (χ1n) is 6.36. The van der Waals surface area contributed by atoms with E-state index in [-0.39, 0.29) is 11.8 Å². The number of benzene rings is 1. The molecular formula is C14H19NO. The van der Waals surface area contributed by atoms with Crippen molar-refractivity contribution in [3.63, 3.8) is 0 Å². The van der Waals surface area contributed by atoms with Crippen LogP contribution in [0.1, 0.15) is 43.8 Å². The van der Waals surface area contributed by atoms with Crippen LogP contribution in [-0.4, -0.2) is 12.3 Å². The van der Waals surface area contributed by atoms with E-state index in [0.717, 1.165) is 6.54 Å². The molecule has 1 atom stereocenters. The number of hydrogen-bond acceptors (Lipinski definition) is 2. The van der Waals surface area contributed by atoms with Crippen molar-refractivity contribution < 1.29 is 4.74 Å². The van der Waals surface area contributed by atoms with Gasteiger partial charge in [0.05, 0.1) is 6.10 Å². The molecule has 1 spiro atoms. The van der Waals surface area contributed by atoms with E-state index in [1.54, 1.807) is 0 Å². The third-order valence-corrected chi connectivity index (χ3v) is 3.81. The lowest BCUT2D eigenvalue weighted by Gasteiger charge is -2.33. The van der Waals surface area contributed by atoms with Gasteiger partial charge in [0.1, 0.15) is 5.72 Å². The monoisotopic (exact) mass is 217 g/mol. The normalized spacial score (nSPS) is 28.4. The molecule has 2 fully saturated rings. The fourth-order valence-electron chi connectivity index (χ4n) is 2.91. The Bertz CT molecular complexity index is 343. The van der Waals surface area contributed by atoms with E-state index >= 15 is 0 Å². The zero-order valence-electron chi connectivity index (χ0n) is 9.61. The van der Waals surface area contributed by atoms with Crippen LogP contribution >= 0.6 is 0 Å². The molecule has 2 nitrogen and oxygen atoms in total. The fraction of sp³-hybridized carbons (Fsp3) is 0.571. The molecule has 0 amide bonds. The Morgan fingerprint density at radius 3 is 2.56 bits per heavy atom. The van der Waals surface area contributed by atoms with Gasteiger partial charge in [-0.15, -0.1) is 0 Å². The van der Waals surface area contributed by atoms with E-state index in [4.69, 9.17) is 4.74 Å². The van der Waals surface area contributed by atoms with E-state index in [0.29, 0.717) is 0 Å². The van der Waals surface area contributed by atoms with Gasteiger partial charge in [-0.25, -0.2) is 0 Å². The minimum Gasteiger partial charge on any atom is -0.351 e. The molecule has 1 aromatic carbocycles. The van der Waals surface area contributed by atoms with Gasteiger partial charge in [0, 0.05) is 6.54 Å². The summed E-state index contributed by atoms with van der Waals surface area (Å²) >= 11 is 0. The van der Waals surface area contributed by atoms with Crippen LogP contribution in [0.15, 0.2) is 30.3 Å². The fourth-order valence-corrected chi connectivity index (χ4v) is 2.91. The summed E-state index contributed by atoms with van der Waals surface area (Å²) in [5.74, 6) is 0. The average Bonchev–Trinajstić information content (AvgIpc) is 2.75. The molecule has 0 bridgehead atoms. The summed E-state index contributed by atoms with van der Waals surface area (Å²) in [4.78, 5) is 0. The summed E-state index contributed by atoms with van der Waals surface area (Å²) in [5, 5.41) is 3.60. The van der Waals surface area contributed by atoms with Gasteiger partial charge in [-0.05, 0) is 31.2 Å². The molecule has 16 heavy (non-hydrogen) atoms. The van der Waals surface area contributed by atoms with Gasteiger partial charge in [0.2, 0.25) is 0 Å². The molecule has 2 aliphatic rings. The summed E-state index contributed by atoms with van der Waals surface area (Å²) in [6, 6.07) is 10.6. The van der Waals surface area contributed by atoms with Crippen molar-refractivity contribution >= 4 is 0 Å². The second-order valence-electron chi connectivity index (χ2n) is 4.95.